The summed E-state index contributed by atoms with van der Waals surface area (Å²) < 4.78 is 5.05. The molecule has 3 heterocycles. The Labute approximate surface area is 204 Å². The highest BCUT2D eigenvalue weighted by atomic mass is 32.1. The van der Waals surface area contributed by atoms with Crippen molar-refractivity contribution in [2.45, 2.75) is 6.92 Å². The number of hydrogen-bond acceptors (Lipinski definition) is 6. The molecule has 1 amide bonds. The van der Waals surface area contributed by atoms with E-state index in [1.165, 1.54) is 18.4 Å². The lowest BCUT2D eigenvalue weighted by molar-refractivity contribution is 0.0603. The van der Waals surface area contributed by atoms with Gasteiger partial charge in [-0.1, -0.05) is 54.1 Å². The number of carbonyl (C=O) groups excluding carboxylic acids is 2. The Kier molecular flexibility index (Phi) is 5.96. The van der Waals surface area contributed by atoms with Gasteiger partial charge < -0.3 is 10.1 Å². The number of aromatic nitrogens is 1. The summed E-state index contributed by atoms with van der Waals surface area (Å²) in [5.41, 5.74) is 5.05. The molecule has 5 nitrogen and oxygen atoms in total. The lowest BCUT2D eigenvalue weighted by atomic mass is 10.0. The van der Waals surface area contributed by atoms with Crippen molar-refractivity contribution in [3.8, 4) is 21.7 Å². The van der Waals surface area contributed by atoms with E-state index >= 15 is 0 Å². The van der Waals surface area contributed by atoms with Crippen LogP contribution in [-0.4, -0.2) is 24.0 Å². The third kappa shape index (κ3) is 4.11. The number of thiophene rings is 2. The van der Waals surface area contributed by atoms with E-state index in [1.807, 2.05) is 78.3 Å². The number of fused-ring (bicyclic) bond motifs is 1. The SMILES string of the molecule is COC(=O)c1c(-c2ccc(C)cc2)csc1NC(=O)c1cc(-c2cccs2)nc2ccccc12. The third-order valence-electron chi connectivity index (χ3n) is 5.50. The van der Waals surface area contributed by atoms with Crippen molar-refractivity contribution in [1.29, 1.82) is 0 Å². The average Bonchev–Trinajstić information content (AvgIpc) is 3.54. The number of para-hydroxylation sites is 1. The summed E-state index contributed by atoms with van der Waals surface area (Å²) in [6.45, 7) is 2.01. The number of carbonyl (C=O) groups is 2. The molecule has 0 spiro atoms. The number of ether oxygens (including phenoxy) is 1. The predicted octanol–water partition coefficient (Wildman–Crippen LogP) is 7.04. The van der Waals surface area contributed by atoms with Crippen LogP contribution in [0.1, 0.15) is 26.3 Å². The molecule has 0 saturated heterocycles. The van der Waals surface area contributed by atoms with Crippen molar-refractivity contribution in [2.75, 3.05) is 12.4 Å². The zero-order valence-electron chi connectivity index (χ0n) is 18.5. The third-order valence-corrected chi connectivity index (χ3v) is 7.29. The number of hydrogen-bond donors (Lipinski definition) is 1. The molecular weight excluding hydrogens is 464 g/mol. The van der Waals surface area contributed by atoms with Crippen LogP contribution in [0.2, 0.25) is 0 Å². The lowest BCUT2D eigenvalue weighted by Crippen LogP contribution is -2.15. The minimum atomic E-state index is -0.494. The number of esters is 1. The Balaban J connectivity index is 1.58. The van der Waals surface area contributed by atoms with Gasteiger partial charge in [0.25, 0.3) is 5.91 Å². The van der Waals surface area contributed by atoms with Gasteiger partial charge >= 0.3 is 5.97 Å². The van der Waals surface area contributed by atoms with E-state index in [0.29, 0.717) is 16.1 Å². The molecule has 34 heavy (non-hydrogen) atoms. The first-order valence-corrected chi connectivity index (χ1v) is 12.3. The van der Waals surface area contributed by atoms with Crippen LogP contribution in [0.4, 0.5) is 5.00 Å². The number of nitrogens with zero attached hydrogens (tertiary/aromatic N) is 1. The van der Waals surface area contributed by atoms with Crippen LogP contribution in [0.3, 0.4) is 0 Å². The average molecular weight is 485 g/mol. The topological polar surface area (TPSA) is 68.3 Å². The van der Waals surface area contributed by atoms with Gasteiger partial charge in [-0.2, -0.15) is 0 Å². The van der Waals surface area contributed by atoms with Gasteiger partial charge in [-0.25, -0.2) is 9.78 Å². The minimum absolute atomic E-state index is 0.307. The number of aryl methyl sites for hydroxylation is 1. The molecule has 0 aliphatic rings. The molecule has 168 valence electrons. The van der Waals surface area contributed by atoms with Crippen LogP contribution < -0.4 is 5.32 Å². The molecule has 5 aromatic rings. The number of rotatable bonds is 5. The summed E-state index contributed by atoms with van der Waals surface area (Å²) >= 11 is 2.87. The zero-order valence-corrected chi connectivity index (χ0v) is 20.1. The minimum Gasteiger partial charge on any atom is -0.465 e. The molecule has 0 aliphatic carbocycles. The Morgan fingerprint density at radius 1 is 0.971 bits per heavy atom. The highest BCUT2D eigenvalue weighted by Gasteiger charge is 2.24. The number of pyridine rings is 1. The van der Waals surface area contributed by atoms with Crippen molar-refractivity contribution in [3.05, 3.63) is 94.2 Å². The second-order valence-corrected chi connectivity index (χ2v) is 9.54. The molecule has 0 saturated carbocycles. The van der Waals surface area contributed by atoms with E-state index in [4.69, 9.17) is 9.72 Å². The summed E-state index contributed by atoms with van der Waals surface area (Å²) in [4.78, 5) is 32.0. The van der Waals surface area contributed by atoms with Crippen LogP contribution in [0.15, 0.2) is 77.5 Å². The van der Waals surface area contributed by atoms with Gasteiger partial charge in [0.15, 0.2) is 0 Å². The summed E-state index contributed by atoms with van der Waals surface area (Å²) in [5, 5.41) is 8.01. The number of benzene rings is 2. The van der Waals surface area contributed by atoms with E-state index in [0.717, 1.165) is 38.2 Å². The largest absolute Gasteiger partial charge is 0.465 e. The van der Waals surface area contributed by atoms with Gasteiger partial charge in [-0.05, 0) is 36.1 Å². The maximum atomic E-state index is 13.5. The Bertz CT molecular complexity index is 1500. The van der Waals surface area contributed by atoms with E-state index in [2.05, 4.69) is 5.32 Å². The summed E-state index contributed by atoms with van der Waals surface area (Å²) in [7, 11) is 1.34. The highest BCUT2D eigenvalue weighted by molar-refractivity contribution is 7.15. The highest BCUT2D eigenvalue weighted by Crippen LogP contribution is 2.37. The van der Waals surface area contributed by atoms with E-state index in [-0.39, 0.29) is 5.91 Å². The van der Waals surface area contributed by atoms with E-state index < -0.39 is 5.97 Å². The van der Waals surface area contributed by atoms with Gasteiger partial charge in [-0.3, -0.25) is 4.79 Å². The summed E-state index contributed by atoms with van der Waals surface area (Å²) in [6, 6.07) is 21.2. The molecule has 0 unspecified atom stereocenters. The van der Waals surface area contributed by atoms with Crippen molar-refractivity contribution in [2.24, 2.45) is 0 Å². The monoisotopic (exact) mass is 484 g/mol. The van der Waals surface area contributed by atoms with Crippen LogP contribution in [-0.2, 0) is 4.74 Å². The fourth-order valence-corrected chi connectivity index (χ4v) is 5.42. The zero-order chi connectivity index (χ0) is 23.7. The van der Waals surface area contributed by atoms with Crippen molar-refractivity contribution >= 4 is 50.5 Å². The van der Waals surface area contributed by atoms with Crippen molar-refractivity contribution < 1.29 is 14.3 Å². The van der Waals surface area contributed by atoms with Crippen LogP contribution >= 0.6 is 22.7 Å². The Morgan fingerprint density at radius 2 is 1.76 bits per heavy atom. The fraction of sp³-hybridized carbons (Fsp3) is 0.0741. The second-order valence-electron chi connectivity index (χ2n) is 7.71. The smallest absolute Gasteiger partial charge is 0.341 e. The summed E-state index contributed by atoms with van der Waals surface area (Å²) in [5.74, 6) is -0.801. The Morgan fingerprint density at radius 3 is 2.50 bits per heavy atom. The van der Waals surface area contributed by atoms with Gasteiger partial charge in [-0.15, -0.1) is 22.7 Å². The number of anilines is 1. The summed E-state index contributed by atoms with van der Waals surface area (Å²) in [6.07, 6.45) is 0. The molecule has 7 heteroatoms. The predicted molar refractivity (Wildman–Crippen MR) is 139 cm³/mol. The number of amides is 1. The van der Waals surface area contributed by atoms with Gasteiger partial charge in [0, 0.05) is 16.3 Å². The molecule has 0 aliphatic heterocycles. The van der Waals surface area contributed by atoms with E-state index in [9.17, 15) is 9.59 Å². The molecular formula is C27H20N2O3S2. The first-order chi connectivity index (χ1) is 16.5. The number of nitrogens with one attached hydrogen (secondary N) is 1. The second kappa shape index (κ2) is 9.21. The molecule has 5 rings (SSSR count). The normalized spacial score (nSPS) is 10.9. The van der Waals surface area contributed by atoms with Crippen molar-refractivity contribution in [1.82, 2.24) is 4.98 Å². The molecule has 0 radical (unpaired) electrons. The molecule has 0 fully saturated rings. The van der Waals surface area contributed by atoms with Gasteiger partial charge in [0.1, 0.15) is 10.6 Å². The van der Waals surface area contributed by atoms with Crippen LogP contribution in [0.25, 0.3) is 32.6 Å². The molecule has 0 atom stereocenters. The van der Waals surface area contributed by atoms with Crippen LogP contribution in [0, 0.1) is 6.92 Å². The quantitative estimate of drug-likeness (QED) is 0.272. The first-order valence-electron chi connectivity index (χ1n) is 10.6. The van der Waals surface area contributed by atoms with Gasteiger partial charge in [0.2, 0.25) is 0 Å². The maximum absolute atomic E-state index is 13.5. The van der Waals surface area contributed by atoms with Gasteiger partial charge in [0.05, 0.1) is 28.8 Å². The molecule has 1 N–H and O–H groups in total. The number of methoxy groups -OCH3 is 1. The van der Waals surface area contributed by atoms with Crippen LogP contribution in [0.5, 0.6) is 0 Å². The van der Waals surface area contributed by atoms with Crippen molar-refractivity contribution in [3.63, 3.8) is 0 Å². The molecule has 0 bridgehead atoms. The maximum Gasteiger partial charge on any atom is 0.341 e. The standard InChI is InChI=1S/C27H20N2O3S2/c1-16-9-11-17(12-10-16)20-15-34-26(24(20)27(31)32-2)29-25(30)19-14-22(23-8-5-13-33-23)28-21-7-4-3-6-18(19)21/h3-15H,1-2H3,(H,29,30). The first kappa shape index (κ1) is 22.0. The fourth-order valence-electron chi connectivity index (χ4n) is 3.78. The molecule has 2 aromatic carbocycles. The Hall–Kier alpha value is -3.81. The molecule has 3 aromatic heterocycles. The lowest BCUT2D eigenvalue weighted by Gasteiger charge is -2.11. The van der Waals surface area contributed by atoms with E-state index in [1.54, 1.807) is 17.4 Å².